The molecule has 0 aliphatic rings. The molecule has 1 N–H and O–H groups in total. The molecule has 0 saturated heterocycles. The fourth-order valence-corrected chi connectivity index (χ4v) is 1.81. The summed E-state index contributed by atoms with van der Waals surface area (Å²) in [6.45, 7) is 6.35. The van der Waals surface area contributed by atoms with Gasteiger partial charge in [-0.15, -0.1) is 5.10 Å². The number of ether oxygens (including phenoxy) is 2. The predicted octanol–water partition coefficient (Wildman–Crippen LogP) is 3.17. The summed E-state index contributed by atoms with van der Waals surface area (Å²) in [6.07, 6.45) is 1.10. The van der Waals surface area contributed by atoms with E-state index in [0.717, 1.165) is 25.2 Å². The van der Waals surface area contributed by atoms with E-state index in [2.05, 4.69) is 22.4 Å². The maximum absolute atomic E-state index is 5.72. The molecule has 5 heteroatoms. The molecule has 0 saturated carbocycles. The molecule has 0 fully saturated rings. The zero-order chi connectivity index (χ0) is 14.9. The van der Waals surface area contributed by atoms with Gasteiger partial charge in [-0.05, 0) is 38.1 Å². The Bertz CT molecular complexity index is 543. The highest BCUT2D eigenvalue weighted by atomic mass is 16.5. The Kier molecular flexibility index (Phi) is 5.97. The van der Waals surface area contributed by atoms with Gasteiger partial charge in [-0.2, -0.15) is 5.10 Å². The number of hydrogen-bond acceptors (Lipinski definition) is 5. The summed E-state index contributed by atoms with van der Waals surface area (Å²) in [4.78, 5) is 0. The summed E-state index contributed by atoms with van der Waals surface area (Å²) in [6, 6.07) is 11.3. The molecule has 5 nitrogen and oxygen atoms in total. The number of nitrogens with zero attached hydrogens (tertiary/aromatic N) is 2. The summed E-state index contributed by atoms with van der Waals surface area (Å²) in [5.74, 6) is 1.81. The van der Waals surface area contributed by atoms with E-state index in [1.54, 1.807) is 0 Å². The maximum atomic E-state index is 5.72. The number of benzene rings is 1. The van der Waals surface area contributed by atoms with Crippen LogP contribution in [0.5, 0.6) is 17.4 Å². The Morgan fingerprint density at radius 2 is 1.81 bits per heavy atom. The highest BCUT2D eigenvalue weighted by molar-refractivity contribution is 5.41. The Balaban J connectivity index is 2.00. The lowest BCUT2D eigenvalue weighted by molar-refractivity contribution is 0.319. The van der Waals surface area contributed by atoms with E-state index in [9.17, 15) is 0 Å². The molecular weight excluding hydrogens is 266 g/mol. The highest BCUT2D eigenvalue weighted by Crippen LogP contribution is 2.29. The van der Waals surface area contributed by atoms with E-state index in [-0.39, 0.29) is 0 Å². The van der Waals surface area contributed by atoms with Crippen LogP contribution in [-0.2, 0) is 6.54 Å². The van der Waals surface area contributed by atoms with Gasteiger partial charge in [0.2, 0.25) is 5.88 Å². The van der Waals surface area contributed by atoms with Crippen LogP contribution >= 0.6 is 0 Å². The first-order valence-corrected chi connectivity index (χ1v) is 7.26. The lowest BCUT2D eigenvalue weighted by Gasteiger charge is -2.10. The molecule has 0 spiro atoms. The van der Waals surface area contributed by atoms with Crippen LogP contribution in [0.4, 0.5) is 0 Å². The van der Waals surface area contributed by atoms with Crippen LogP contribution < -0.4 is 14.8 Å². The van der Waals surface area contributed by atoms with Gasteiger partial charge < -0.3 is 14.8 Å². The molecule has 0 amide bonds. The van der Waals surface area contributed by atoms with E-state index in [4.69, 9.17) is 9.47 Å². The van der Waals surface area contributed by atoms with Crippen molar-refractivity contribution in [2.75, 3.05) is 13.2 Å². The largest absolute Gasteiger partial charge is 0.490 e. The van der Waals surface area contributed by atoms with E-state index in [0.29, 0.717) is 24.0 Å². The first-order valence-electron chi connectivity index (χ1n) is 7.26. The topological polar surface area (TPSA) is 56.3 Å². The van der Waals surface area contributed by atoms with E-state index < -0.39 is 0 Å². The molecule has 0 bridgehead atoms. The molecule has 2 rings (SSSR count). The quantitative estimate of drug-likeness (QED) is 0.756. The number of rotatable bonds is 8. The molecule has 112 valence electrons. The van der Waals surface area contributed by atoms with E-state index in [1.165, 1.54) is 0 Å². The van der Waals surface area contributed by atoms with Crippen LogP contribution in [0.1, 0.15) is 26.0 Å². The van der Waals surface area contributed by atoms with Crippen LogP contribution in [0, 0.1) is 0 Å². The molecule has 21 heavy (non-hydrogen) atoms. The van der Waals surface area contributed by atoms with Gasteiger partial charge >= 0.3 is 0 Å². The molecule has 0 aliphatic heterocycles. The van der Waals surface area contributed by atoms with Crippen molar-refractivity contribution in [1.29, 1.82) is 0 Å². The Labute approximate surface area is 125 Å². The van der Waals surface area contributed by atoms with Crippen LogP contribution in [0.2, 0.25) is 0 Å². The van der Waals surface area contributed by atoms with Crippen molar-refractivity contribution in [2.45, 2.75) is 26.8 Å². The average molecular weight is 287 g/mol. The number of hydrogen-bond donors (Lipinski definition) is 1. The van der Waals surface area contributed by atoms with Crippen LogP contribution in [-0.4, -0.2) is 23.3 Å². The standard InChI is InChI=1S/C16H21N3O2/c1-3-11-17-12-13-9-10-16(19-18-13)21-15-8-6-5-7-14(15)20-4-2/h5-10,17H,3-4,11-12H2,1-2H3. The molecule has 0 unspecified atom stereocenters. The first-order chi connectivity index (χ1) is 10.3. The normalized spacial score (nSPS) is 10.4. The molecule has 1 aromatic carbocycles. The van der Waals surface area contributed by atoms with Crippen molar-refractivity contribution in [2.24, 2.45) is 0 Å². The van der Waals surface area contributed by atoms with Crippen molar-refractivity contribution in [3.05, 3.63) is 42.1 Å². The zero-order valence-corrected chi connectivity index (χ0v) is 12.5. The second kappa shape index (κ2) is 8.21. The van der Waals surface area contributed by atoms with Gasteiger partial charge in [-0.1, -0.05) is 19.1 Å². The fraction of sp³-hybridized carbons (Fsp3) is 0.375. The second-order valence-corrected chi connectivity index (χ2v) is 4.52. The van der Waals surface area contributed by atoms with Crippen molar-refractivity contribution < 1.29 is 9.47 Å². The van der Waals surface area contributed by atoms with Gasteiger partial charge in [-0.25, -0.2) is 0 Å². The van der Waals surface area contributed by atoms with Crippen LogP contribution in [0.25, 0.3) is 0 Å². The lowest BCUT2D eigenvalue weighted by Crippen LogP contribution is -2.15. The maximum Gasteiger partial charge on any atom is 0.239 e. The number of para-hydroxylation sites is 2. The van der Waals surface area contributed by atoms with Crippen molar-refractivity contribution in [1.82, 2.24) is 15.5 Å². The summed E-state index contributed by atoms with van der Waals surface area (Å²) in [5.41, 5.74) is 0.897. The SMILES string of the molecule is CCCNCc1ccc(Oc2ccccc2OCC)nn1. The van der Waals surface area contributed by atoms with Gasteiger partial charge in [0, 0.05) is 12.6 Å². The highest BCUT2D eigenvalue weighted by Gasteiger charge is 2.06. The van der Waals surface area contributed by atoms with E-state index in [1.807, 2.05) is 43.3 Å². The number of aromatic nitrogens is 2. The minimum atomic E-state index is 0.460. The Morgan fingerprint density at radius 3 is 2.48 bits per heavy atom. The van der Waals surface area contributed by atoms with Crippen LogP contribution in [0.3, 0.4) is 0 Å². The summed E-state index contributed by atoms with van der Waals surface area (Å²) >= 11 is 0. The fourth-order valence-electron chi connectivity index (χ4n) is 1.81. The van der Waals surface area contributed by atoms with Gasteiger partial charge in [0.05, 0.1) is 12.3 Å². The average Bonchev–Trinajstić information content (AvgIpc) is 2.51. The number of nitrogens with one attached hydrogen (secondary N) is 1. The minimum Gasteiger partial charge on any atom is -0.490 e. The second-order valence-electron chi connectivity index (χ2n) is 4.52. The van der Waals surface area contributed by atoms with Crippen molar-refractivity contribution >= 4 is 0 Å². The van der Waals surface area contributed by atoms with Crippen molar-refractivity contribution in [3.63, 3.8) is 0 Å². The van der Waals surface area contributed by atoms with Gasteiger partial charge in [0.25, 0.3) is 0 Å². The molecule has 1 heterocycles. The smallest absolute Gasteiger partial charge is 0.239 e. The lowest BCUT2D eigenvalue weighted by atomic mass is 10.3. The first kappa shape index (κ1) is 15.3. The predicted molar refractivity (Wildman–Crippen MR) is 81.7 cm³/mol. The summed E-state index contributed by atoms with van der Waals surface area (Å²) in [5, 5.41) is 11.5. The third kappa shape index (κ3) is 4.72. The Morgan fingerprint density at radius 1 is 1.00 bits per heavy atom. The molecule has 0 radical (unpaired) electrons. The molecular formula is C16H21N3O2. The molecule has 0 aliphatic carbocycles. The van der Waals surface area contributed by atoms with Gasteiger partial charge in [-0.3, -0.25) is 0 Å². The van der Waals surface area contributed by atoms with Crippen molar-refractivity contribution in [3.8, 4) is 17.4 Å². The zero-order valence-electron chi connectivity index (χ0n) is 12.5. The summed E-state index contributed by atoms with van der Waals surface area (Å²) in [7, 11) is 0. The molecule has 0 atom stereocenters. The minimum absolute atomic E-state index is 0.460. The molecule has 1 aromatic heterocycles. The third-order valence-corrected chi connectivity index (χ3v) is 2.79. The van der Waals surface area contributed by atoms with Gasteiger partial charge in [0.15, 0.2) is 11.5 Å². The summed E-state index contributed by atoms with van der Waals surface area (Å²) < 4.78 is 11.2. The van der Waals surface area contributed by atoms with Crippen LogP contribution in [0.15, 0.2) is 36.4 Å². The molecule has 2 aromatic rings. The third-order valence-electron chi connectivity index (χ3n) is 2.79. The van der Waals surface area contributed by atoms with Gasteiger partial charge in [0.1, 0.15) is 0 Å². The van der Waals surface area contributed by atoms with E-state index >= 15 is 0 Å². The Hall–Kier alpha value is -2.14. The monoisotopic (exact) mass is 287 g/mol.